The standard InChI is InChI=1S/C20H24BrN3O2S/c1-23(13-17-8-9-18(21)27-17)14-19(25)22-12-15-4-6-16(7-5-15)20(26)24-10-2-3-11-24/h4-9H,2-3,10-14H2,1H3,(H,22,25). The van der Waals surface area contributed by atoms with E-state index >= 15 is 0 Å². The Morgan fingerprint density at radius 2 is 1.85 bits per heavy atom. The van der Waals surface area contributed by atoms with Crippen LogP contribution in [0.15, 0.2) is 40.2 Å². The third-order valence-corrected chi connectivity index (χ3v) is 6.16. The molecule has 5 nitrogen and oxygen atoms in total. The summed E-state index contributed by atoms with van der Waals surface area (Å²) in [6.07, 6.45) is 2.18. The van der Waals surface area contributed by atoms with Gasteiger partial charge in [-0.3, -0.25) is 14.5 Å². The molecule has 27 heavy (non-hydrogen) atoms. The van der Waals surface area contributed by atoms with E-state index in [4.69, 9.17) is 0 Å². The van der Waals surface area contributed by atoms with Gasteiger partial charge in [-0.25, -0.2) is 0 Å². The Morgan fingerprint density at radius 1 is 1.15 bits per heavy atom. The zero-order valence-electron chi connectivity index (χ0n) is 15.4. The van der Waals surface area contributed by atoms with Crippen LogP contribution in [-0.2, 0) is 17.9 Å². The van der Waals surface area contributed by atoms with Crippen molar-refractivity contribution in [3.05, 3.63) is 56.2 Å². The number of halogens is 1. The van der Waals surface area contributed by atoms with E-state index in [9.17, 15) is 9.59 Å². The normalized spacial score (nSPS) is 14.0. The lowest BCUT2D eigenvalue weighted by molar-refractivity contribution is -0.122. The number of nitrogens with one attached hydrogen (secondary N) is 1. The number of carbonyl (C=O) groups excluding carboxylic acids is 2. The van der Waals surface area contributed by atoms with Crippen LogP contribution in [0.1, 0.15) is 33.6 Å². The second-order valence-corrected chi connectivity index (χ2v) is 9.40. The second kappa shape index (κ2) is 9.48. The highest BCUT2D eigenvalue weighted by Crippen LogP contribution is 2.22. The highest BCUT2D eigenvalue weighted by Gasteiger charge is 2.19. The third kappa shape index (κ3) is 5.89. The van der Waals surface area contributed by atoms with E-state index in [1.165, 1.54) is 4.88 Å². The first kappa shape index (κ1) is 20.0. The molecule has 1 aliphatic rings. The van der Waals surface area contributed by atoms with Gasteiger partial charge in [0.2, 0.25) is 5.91 Å². The van der Waals surface area contributed by atoms with Gasteiger partial charge in [-0.2, -0.15) is 0 Å². The minimum atomic E-state index is -0.00894. The van der Waals surface area contributed by atoms with Crippen LogP contribution < -0.4 is 5.32 Å². The van der Waals surface area contributed by atoms with E-state index in [0.717, 1.165) is 41.8 Å². The van der Waals surface area contributed by atoms with Crippen molar-refractivity contribution in [3.8, 4) is 0 Å². The number of rotatable bonds is 7. The Bertz CT molecular complexity index is 785. The topological polar surface area (TPSA) is 52.7 Å². The van der Waals surface area contributed by atoms with E-state index in [0.29, 0.717) is 18.7 Å². The van der Waals surface area contributed by atoms with Gasteiger partial charge in [0.1, 0.15) is 0 Å². The molecule has 1 aromatic carbocycles. The van der Waals surface area contributed by atoms with Crippen molar-refractivity contribution in [2.75, 3.05) is 26.7 Å². The van der Waals surface area contributed by atoms with Crippen LogP contribution in [0.25, 0.3) is 0 Å². The smallest absolute Gasteiger partial charge is 0.253 e. The number of likely N-dealkylation sites (tertiary alicyclic amines) is 1. The Balaban J connectivity index is 1.43. The number of amides is 2. The predicted octanol–water partition coefficient (Wildman–Crippen LogP) is 3.49. The average Bonchev–Trinajstić information content (AvgIpc) is 3.32. The molecule has 0 atom stereocenters. The molecule has 1 aliphatic heterocycles. The summed E-state index contributed by atoms with van der Waals surface area (Å²) in [5, 5.41) is 2.94. The summed E-state index contributed by atoms with van der Waals surface area (Å²) >= 11 is 5.13. The van der Waals surface area contributed by atoms with E-state index in [2.05, 4.69) is 27.3 Å². The van der Waals surface area contributed by atoms with E-state index in [-0.39, 0.29) is 11.8 Å². The van der Waals surface area contributed by atoms with Crippen LogP contribution in [0, 0.1) is 0 Å². The van der Waals surface area contributed by atoms with Gasteiger partial charge in [0.15, 0.2) is 0 Å². The Hall–Kier alpha value is -1.70. The maximum absolute atomic E-state index is 12.3. The predicted molar refractivity (Wildman–Crippen MR) is 112 cm³/mol. The molecule has 7 heteroatoms. The zero-order valence-corrected chi connectivity index (χ0v) is 17.8. The van der Waals surface area contributed by atoms with Gasteiger partial charge in [0.25, 0.3) is 5.91 Å². The third-order valence-electron chi connectivity index (χ3n) is 4.55. The number of hydrogen-bond acceptors (Lipinski definition) is 4. The molecule has 0 unspecified atom stereocenters. The first-order valence-corrected chi connectivity index (χ1v) is 10.7. The van der Waals surface area contributed by atoms with E-state index in [1.54, 1.807) is 11.3 Å². The lowest BCUT2D eigenvalue weighted by Gasteiger charge is -2.16. The van der Waals surface area contributed by atoms with Gasteiger partial charge in [0, 0.05) is 36.6 Å². The van der Waals surface area contributed by atoms with E-state index in [1.807, 2.05) is 47.2 Å². The molecule has 0 radical (unpaired) electrons. The van der Waals surface area contributed by atoms with Crippen molar-refractivity contribution < 1.29 is 9.59 Å². The van der Waals surface area contributed by atoms with Crippen LogP contribution in [0.5, 0.6) is 0 Å². The average molecular weight is 450 g/mol. The van der Waals surface area contributed by atoms with E-state index < -0.39 is 0 Å². The molecule has 2 heterocycles. The summed E-state index contributed by atoms with van der Waals surface area (Å²) in [6.45, 7) is 3.27. The Labute approximate surface area is 172 Å². The second-order valence-electron chi connectivity index (χ2n) is 6.85. The summed E-state index contributed by atoms with van der Waals surface area (Å²) in [6, 6.07) is 11.6. The highest BCUT2D eigenvalue weighted by atomic mass is 79.9. The molecule has 0 spiro atoms. The molecule has 144 valence electrons. The number of hydrogen-bond donors (Lipinski definition) is 1. The van der Waals surface area contributed by atoms with Crippen LogP contribution in [-0.4, -0.2) is 48.3 Å². The molecular weight excluding hydrogens is 426 g/mol. The molecule has 0 aliphatic carbocycles. The summed E-state index contributed by atoms with van der Waals surface area (Å²) in [5.74, 6) is 0.0928. The molecule has 3 rings (SSSR count). The van der Waals surface area contributed by atoms with Crippen LogP contribution in [0.2, 0.25) is 0 Å². The minimum absolute atomic E-state index is 0.00894. The molecule has 2 aromatic rings. The molecule has 0 saturated carbocycles. The van der Waals surface area contributed by atoms with Gasteiger partial charge >= 0.3 is 0 Å². The largest absolute Gasteiger partial charge is 0.351 e. The van der Waals surface area contributed by atoms with Gasteiger partial charge in [-0.05, 0) is 65.6 Å². The van der Waals surface area contributed by atoms with Crippen molar-refractivity contribution in [3.63, 3.8) is 0 Å². The zero-order chi connectivity index (χ0) is 19.2. The van der Waals surface area contributed by atoms with Crippen molar-refractivity contribution in [1.29, 1.82) is 0 Å². The van der Waals surface area contributed by atoms with Crippen LogP contribution in [0.4, 0.5) is 0 Å². The molecule has 1 aromatic heterocycles. The Morgan fingerprint density at radius 3 is 2.48 bits per heavy atom. The fourth-order valence-corrected chi connectivity index (χ4v) is 4.69. The number of thiophene rings is 1. The van der Waals surface area contributed by atoms with Crippen molar-refractivity contribution in [2.45, 2.75) is 25.9 Å². The van der Waals surface area contributed by atoms with Gasteiger partial charge in [-0.1, -0.05) is 12.1 Å². The SMILES string of the molecule is CN(CC(=O)NCc1ccc(C(=O)N2CCCC2)cc1)Cc1ccc(Br)s1. The summed E-state index contributed by atoms with van der Waals surface area (Å²) in [7, 11) is 1.94. The maximum atomic E-state index is 12.3. The minimum Gasteiger partial charge on any atom is -0.351 e. The number of likely N-dealkylation sites (N-methyl/N-ethyl adjacent to an activating group) is 1. The summed E-state index contributed by atoms with van der Waals surface area (Å²) in [4.78, 5) is 29.6. The molecule has 1 N–H and O–H groups in total. The Kier molecular flexibility index (Phi) is 7.04. The number of benzene rings is 1. The lowest BCUT2D eigenvalue weighted by Crippen LogP contribution is -2.34. The van der Waals surface area contributed by atoms with Crippen LogP contribution in [0.3, 0.4) is 0 Å². The molecule has 0 bridgehead atoms. The van der Waals surface area contributed by atoms with Gasteiger partial charge < -0.3 is 10.2 Å². The molecular formula is C20H24BrN3O2S. The highest BCUT2D eigenvalue weighted by molar-refractivity contribution is 9.11. The summed E-state index contributed by atoms with van der Waals surface area (Å²) in [5.41, 5.74) is 1.71. The molecule has 1 fully saturated rings. The summed E-state index contributed by atoms with van der Waals surface area (Å²) < 4.78 is 1.10. The first-order chi connectivity index (χ1) is 13.0. The van der Waals surface area contributed by atoms with Gasteiger partial charge in [0.05, 0.1) is 10.3 Å². The number of carbonyl (C=O) groups is 2. The van der Waals surface area contributed by atoms with Gasteiger partial charge in [-0.15, -0.1) is 11.3 Å². The number of nitrogens with zero attached hydrogens (tertiary/aromatic N) is 2. The van der Waals surface area contributed by atoms with Crippen molar-refractivity contribution in [2.24, 2.45) is 0 Å². The quantitative estimate of drug-likeness (QED) is 0.703. The molecule has 2 amide bonds. The first-order valence-electron chi connectivity index (χ1n) is 9.09. The molecule has 1 saturated heterocycles. The van der Waals surface area contributed by atoms with Crippen LogP contribution >= 0.6 is 27.3 Å². The monoisotopic (exact) mass is 449 g/mol. The fraction of sp³-hybridized carbons (Fsp3) is 0.400. The maximum Gasteiger partial charge on any atom is 0.253 e. The lowest BCUT2D eigenvalue weighted by atomic mass is 10.1. The van der Waals surface area contributed by atoms with Crippen molar-refractivity contribution in [1.82, 2.24) is 15.1 Å². The van der Waals surface area contributed by atoms with Crippen molar-refractivity contribution >= 4 is 39.1 Å². The fourth-order valence-electron chi connectivity index (χ4n) is 3.13.